The van der Waals surface area contributed by atoms with Crippen LogP contribution in [0.1, 0.15) is 33.6 Å². The van der Waals surface area contributed by atoms with Gasteiger partial charge in [0, 0.05) is 77.5 Å². The second-order valence-corrected chi connectivity index (χ2v) is 8.23. The minimum Gasteiger partial charge on any atom is -0.394 e. The molecule has 0 unspecified atom stereocenters. The second-order valence-electron chi connectivity index (χ2n) is 8.23. The normalized spacial score (nSPS) is 18.9. The van der Waals surface area contributed by atoms with E-state index in [1.54, 1.807) is 0 Å². The van der Waals surface area contributed by atoms with Crippen LogP contribution in [0.2, 0.25) is 0 Å². The first-order valence-corrected chi connectivity index (χ1v) is 12.4. The molecular formula is C26H48N6. The number of rotatable bonds is 6. The molecule has 0 radical (unpaired) electrons. The molecule has 1 N–H and O–H groups in total. The molecular weight excluding hydrogens is 396 g/mol. The van der Waals surface area contributed by atoms with Crippen molar-refractivity contribution in [2.24, 2.45) is 0 Å². The molecule has 32 heavy (non-hydrogen) atoms. The molecule has 3 rings (SSSR count). The molecule has 2 fully saturated rings. The van der Waals surface area contributed by atoms with Gasteiger partial charge in [-0.3, -0.25) is 4.98 Å². The lowest BCUT2D eigenvalue weighted by Crippen LogP contribution is -2.44. The maximum Gasteiger partial charge on any atom is 0.0397 e. The third-order valence-corrected chi connectivity index (χ3v) is 5.89. The van der Waals surface area contributed by atoms with E-state index in [0.717, 1.165) is 26.1 Å². The number of hydrogen-bond donors (Lipinski definition) is 1. The molecule has 2 saturated heterocycles. The Bertz CT molecular complexity index is 622. The SMILES string of the molecule is C/C=C(\C=C/NC)CCN1CCN(C)CC1.CC.CN1CCCN(c2ccncc2)CC1. The summed E-state index contributed by atoms with van der Waals surface area (Å²) in [4.78, 5) is 13.8. The maximum absolute atomic E-state index is 4.04. The quantitative estimate of drug-likeness (QED) is 0.677. The maximum atomic E-state index is 4.04. The summed E-state index contributed by atoms with van der Waals surface area (Å²) in [5.74, 6) is 0. The number of piperazine rings is 1. The highest BCUT2D eigenvalue weighted by molar-refractivity contribution is 5.44. The average molecular weight is 445 g/mol. The van der Waals surface area contributed by atoms with Crippen molar-refractivity contribution in [3.05, 3.63) is 48.5 Å². The van der Waals surface area contributed by atoms with Crippen molar-refractivity contribution in [1.82, 2.24) is 25.0 Å². The Balaban J connectivity index is 0.000000299. The molecule has 1 aromatic rings. The van der Waals surface area contributed by atoms with E-state index in [1.807, 2.05) is 39.5 Å². The Morgan fingerprint density at radius 2 is 1.56 bits per heavy atom. The molecule has 2 aliphatic heterocycles. The van der Waals surface area contributed by atoms with Gasteiger partial charge in [-0.05, 0) is 70.4 Å². The van der Waals surface area contributed by atoms with E-state index in [-0.39, 0.29) is 0 Å². The first-order valence-electron chi connectivity index (χ1n) is 12.4. The first-order chi connectivity index (χ1) is 15.6. The largest absolute Gasteiger partial charge is 0.394 e. The van der Waals surface area contributed by atoms with Crippen LogP contribution < -0.4 is 10.2 Å². The first kappa shape index (κ1) is 28.1. The molecule has 0 saturated carbocycles. The predicted octanol–water partition coefficient (Wildman–Crippen LogP) is 3.55. The summed E-state index contributed by atoms with van der Waals surface area (Å²) in [5, 5.41) is 3.03. The van der Waals surface area contributed by atoms with Gasteiger partial charge in [0.25, 0.3) is 0 Å². The van der Waals surface area contributed by atoms with Crippen LogP contribution in [0.15, 0.2) is 48.5 Å². The van der Waals surface area contributed by atoms with Crippen LogP contribution in [0, 0.1) is 0 Å². The smallest absolute Gasteiger partial charge is 0.0397 e. The van der Waals surface area contributed by atoms with Gasteiger partial charge < -0.3 is 24.9 Å². The van der Waals surface area contributed by atoms with Gasteiger partial charge in [-0.1, -0.05) is 19.9 Å². The summed E-state index contributed by atoms with van der Waals surface area (Å²) in [5.41, 5.74) is 2.71. The molecule has 0 bridgehead atoms. The van der Waals surface area contributed by atoms with Crippen molar-refractivity contribution >= 4 is 5.69 Å². The fourth-order valence-corrected chi connectivity index (χ4v) is 3.73. The van der Waals surface area contributed by atoms with Crippen LogP contribution in [-0.2, 0) is 0 Å². The highest BCUT2D eigenvalue weighted by atomic mass is 15.2. The number of hydrogen-bond acceptors (Lipinski definition) is 6. The minimum absolute atomic E-state index is 1.13. The van der Waals surface area contributed by atoms with Crippen molar-refractivity contribution in [3.63, 3.8) is 0 Å². The Kier molecular flexibility index (Phi) is 15.5. The van der Waals surface area contributed by atoms with E-state index in [2.05, 4.69) is 75.2 Å². The zero-order valence-corrected chi connectivity index (χ0v) is 21.6. The van der Waals surface area contributed by atoms with Gasteiger partial charge in [0.2, 0.25) is 0 Å². The highest BCUT2D eigenvalue weighted by Gasteiger charge is 2.13. The van der Waals surface area contributed by atoms with Gasteiger partial charge in [-0.25, -0.2) is 0 Å². The molecule has 0 aromatic carbocycles. The third-order valence-electron chi connectivity index (χ3n) is 5.89. The number of likely N-dealkylation sites (N-methyl/N-ethyl adjacent to an activating group) is 2. The predicted molar refractivity (Wildman–Crippen MR) is 140 cm³/mol. The fourth-order valence-electron chi connectivity index (χ4n) is 3.73. The van der Waals surface area contributed by atoms with E-state index in [0.29, 0.717) is 0 Å². The van der Waals surface area contributed by atoms with Crippen molar-refractivity contribution in [3.8, 4) is 0 Å². The molecule has 1 aromatic heterocycles. The summed E-state index contributed by atoms with van der Waals surface area (Å²) in [6, 6.07) is 4.18. The molecule has 0 spiro atoms. The zero-order valence-electron chi connectivity index (χ0n) is 21.6. The lowest BCUT2D eigenvalue weighted by Gasteiger charge is -2.32. The van der Waals surface area contributed by atoms with E-state index in [9.17, 15) is 0 Å². The average Bonchev–Trinajstić information content (AvgIpc) is 3.07. The number of aromatic nitrogens is 1. The third kappa shape index (κ3) is 11.7. The number of allylic oxidation sites excluding steroid dienone is 2. The van der Waals surface area contributed by atoms with Crippen LogP contribution >= 0.6 is 0 Å². The summed E-state index contributed by atoms with van der Waals surface area (Å²) in [7, 11) is 6.32. The number of pyridine rings is 1. The van der Waals surface area contributed by atoms with Gasteiger partial charge in [-0.15, -0.1) is 0 Å². The second kappa shape index (κ2) is 17.6. The number of anilines is 1. The van der Waals surface area contributed by atoms with Gasteiger partial charge >= 0.3 is 0 Å². The van der Waals surface area contributed by atoms with Crippen molar-refractivity contribution in [2.45, 2.75) is 33.6 Å². The standard InChI is InChI=1S/C13H25N3.C11H17N3.C2H6/c1-4-13(5-7-14-2)6-8-16-11-9-15(3)10-12-16;1-13-7-2-8-14(10-9-13)11-3-5-12-6-4-11;1-2/h4-5,7,14H,6,8-12H2,1-3H3;3-6H,2,7-10H2,1H3;1-2H3/b7-5-,13-4+;;. The molecule has 0 aliphatic carbocycles. The fraction of sp³-hybridized carbons (Fsp3) is 0.654. The molecule has 2 aliphatic rings. The molecule has 0 atom stereocenters. The van der Waals surface area contributed by atoms with Gasteiger partial charge in [0.05, 0.1) is 0 Å². The number of nitrogens with one attached hydrogen (secondary N) is 1. The molecule has 6 nitrogen and oxygen atoms in total. The molecule has 182 valence electrons. The minimum atomic E-state index is 1.13. The van der Waals surface area contributed by atoms with Crippen molar-refractivity contribution in [1.29, 1.82) is 0 Å². The molecule has 3 heterocycles. The molecule has 0 amide bonds. The van der Waals surface area contributed by atoms with E-state index >= 15 is 0 Å². The Hall–Kier alpha value is -1.89. The summed E-state index contributed by atoms with van der Waals surface area (Å²) < 4.78 is 0. The van der Waals surface area contributed by atoms with Crippen LogP contribution in [0.4, 0.5) is 5.69 Å². The summed E-state index contributed by atoms with van der Waals surface area (Å²) in [6.45, 7) is 16.8. The monoisotopic (exact) mass is 444 g/mol. The van der Waals surface area contributed by atoms with E-state index in [1.165, 1.54) is 56.9 Å². The Labute approximate surface area is 198 Å². The van der Waals surface area contributed by atoms with Crippen LogP contribution in [0.5, 0.6) is 0 Å². The van der Waals surface area contributed by atoms with E-state index in [4.69, 9.17) is 0 Å². The van der Waals surface area contributed by atoms with Crippen molar-refractivity contribution < 1.29 is 0 Å². The lowest BCUT2D eigenvalue weighted by molar-refractivity contribution is 0.155. The van der Waals surface area contributed by atoms with E-state index < -0.39 is 0 Å². The van der Waals surface area contributed by atoms with Crippen LogP contribution in [0.25, 0.3) is 0 Å². The van der Waals surface area contributed by atoms with Gasteiger partial charge in [0.15, 0.2) is 0 Å². The lowest BCUT2D eigenvalue weighted by atomic mass is 10.1. The van der Waals surface area contributed by atoms with Gasteiger partial charge in [-0.2, -0.15) is 0 Å². The summed E-state index contributed by atoms with van der Waals surface area (Å²) in [6.07, 6.45) is 12.5. The Morgan fingerprint density at radius 1 is 0.938 bits per heavy atom. The topological polar surface area (TPSA) is 37.9 Å². The number of nitrogens with zero attached hydrogens (tertiary/aromatic N) is 5. The Morgan fingerprint density at radius 3 is 2.19 bits per heavy atom. The zero-order chi connectivity index (χ0) is 23.6. The van der Waals surface area contributed by atoms with Crippen LogP contribution in [-0.4, -0.2) is 99.7 Å². The van der Waals surface area contributed by atoms with Crippen LogP contribution in [0.3, 0.4) is 0 Å². The molecule has 6 heteroatoms. The highest BCUT2D eigenvalue weighted by Crippen LogP contribution is 2.14. The van der Waals surface area contributed by atoms with Gasteiger partial charge in [0.1, 0.15) is 0 Å². The summed E-state index contributed by atoms with van der Waals surface area (Å²) >= 11 is 0. The van der Waals surface area contributed by atoms with Crippen molar-refractivity contribution in [2.75, 3.05) is 84.9 Å².